The summed E-state index contributed by atoms with van der Waals surface area (Å²) in [5.74, 6) is 2.94. The van der Waals surface area contributed by atoms with E-state index >= 15 is 0 Å². The number of nitrogens with one attached hydrogen (secondary N) is 1. The van der Waals surface area contributed by atoms with E-state index < -0.39 is 0 Å². The van der Waals surface area contributed by atoms with Crippen LogP contribution in [0.2, 0.25) is 0 Å². The normalized spacial score (nSPS) is 16.9. The molecule has 0 amide bonds. The number of benzene rings is 1. The third-order valence-electron chi connectivity index (χ3n) is 5.56. The first-order chi connectivity index (χ1) is 15.3. The zero-order valence-electron chi connectivity index (χ0n) is 17.5. The van der Waals surface area contributed by atoms with Crippen molar-refractivity contribution in [2.24, 2.45) is 0 Å². The first kappa shape index (κ1) is 19.7. The molecule has 1 aromatic carbocycles. The van der Waals surface area contributed by atoms with Gasteiger partial charge in [-0.25, -0.2) is 4.98 Å². The van der Waals surface area contributed by atoms with E-state index in [1.54, 1.807) is 13.3 Å². The molecule has 31 heavy (non-hydrogen) atoms. The molecule has 0 spiro atoms. The van der Waals surface area contributed by atoms with Crippen molar-refractivity contribution in [3.05, 3.63) is 60.3 Å². The number of hydrogen-bond donors (Lipinski definition) is 1. The molecule has 1 aliphatic rings. The molecular formula is C23H25N5O3. The van der Waals surface area contributed by atoms with Crippen LogP contribution in [0.1, 0.15) is 30.5 Å². The summed E-state index contributed by atoms with van der Waals surface area (Å²) in [7, 11) is 1.67. The van der Waals surface area contributed by atoms with Crippen LogP contribution in [0.15, 0.2) is 57.6 Å². The highest BCUT2D eigenvalue weighted by atomic mass is 16.5. The maximum atomic E-state index is 6.00. The van der Waals surface area contributed by atoms with Crippen molar-refractivity contribution < 1.29 is 13.7 Å². The molecule has 3 aromatic heterocycles. The Morgan fingerprint density at radius 2 is 2.16 bits per heavy atom. The topological polar surface area (TPSA) is 89.5 Å². The van der Waals surface area contributed by atoms with E-state index in [1.807, 2.05) is 30.3 Å². The zero-order chi connectivity index (χ0) is 21.0. The lowest BCUT2D eigenvalue weighted by Gasteiger charge is -2.19. The van der Waals surface area contributed by atoms with E-state index in [4.69, 9.17) is 13.7 Å². The monoisotopic (exact) mass is 419 g/mol. The first-order valence-electron chi connectivity index (χ1n) is 10.5. The SMILES string of the molecule is COCCNc1ccc(-c2noc([C@H]3CCCN3Cc3cc4ccccc4o3)n2)cn1. The molecule has 4 heterocycles. The van der Waals surface area contributed by atoms with Gasteiger partial charge in [0, 0.05) is 30.8 Å². The predicted octanol–water partition coefficient (Wildman–Crippen LogP) is 4.27. The highest BCUT2D eigenvalue weighted by Gasteiger charge is 2.31. The molecule has 1 fully saturated rings. The van der Waals surface area contributed by atoms with Gasteiger partial charge in [-0.15, -0.1) is 0 Å². The number of anilines is 1. The van der Waals surface area contributed by atoms with E-state index in [2.05, 4.69) is 37.5 Å². The van der Waals surface area contributed by atoms with Gasteiger partial charge in [0.1, 0.15) is 17.2 Å². The maximum Gasteiger partial charge on any atom is 0.244 e. The van der Waals surface area contributed by atoms with Gasteiger partial charge in [0.05, 0.1) is 19.2 Å². The summed E-state index contributed by atoms with van der Waals surface area (Å²) < 4.78 is 16.7. The lowest BCUT2D eigenvalue weighted by atomic mass is 10.2. The van der Waals surface area contributed by atoms with E-state index in [0.717, 1.165) is 54.0 Å². The largest absolute Gasteiger partial charge is 0.460 e. The van der Waals surface area contributed by atoms with Crippen LogP contribution in [-0.4, -0.2) is 46.8 Å². The van der Waals surface area contributed by atoms with Crippen LogP contribution in [0.4, 0.5) is 5.82 Å². The van der Waals surface area contributed by atoms with Gasteiger partial charge in [-0.3, -0.25) is 4.90 Å². The summed E-state index contributed by atoms with van der Waals surface area (Å²) in [5.41, 5.74) is 1.75. The Morgan fingerprint density at radius 3 is 3.00 bits per heavy atom. The van der Waals surface area contributed by atoms with Crippen LogP contribution >= 0.6 is 0 Å². The van der Waals surface area contributed by atoms with E-state index in [9.17, 15) is 0 Å². The average Bonchev–Trinajstić information content (AvgIpc) is 3.53. The molecule has 0 unspecified atom stereocenters. The number of ether oxygens (including phenoxy) is 1. The molecule has 0 saturated carbocycles. The molecular weight excluding hydrogens is 394 g/mol. The summed E-state index contributed by atoms with van der Waals surface area (Å²) in [6.07, 6.45) is 3.83. The lowest BCUT2D eigenvalue weighted by Crippen LogP contribution is -2.22. The number of furan rings is 1. The van der Waals surface area contributed by atoms with E-state index in [1.165, 1.54) is 0 Å². The molecule has 8 heteroatoms. The minimum Gasteiger partial charge on any atom is -0.460 e. The number of rotatable bonds is 8. The molecule has 1 N–H and O–H groups in total. The van der Waals surface area contributed by atoms with Gasteiger partial charge in [0.2, 0.25) is 11.7 Å². The number of likely N-dealkylation sites (tertiary alicyclic amines) is 1. The third-order valence-corrected chi connectivity index (χ3v) is 5.56. The minimum absolute atomic E-state index is 0.0948. The van der Waals surface area contributed by atoms with Crippen molar-refractivity contribution in [3.63, 3.8) is 0 Å². The molecule has 0 aliphatic carbocycles. The van der Waals surface area contributed by atoms with Crippen molar-refractivity contribution in [3.8, 4) is 11.4 Å². The van der Waals surface area contributed by atoms with Crippen LogP contribution in [0.5, 0.6) is 0 Å². The Morgan fingerprint density at radius 1 is 1.23 bits per heavy atom. The zero-order valence-corrected chi connectivity index (χ0v) is 17.5. The van der Waals surface area contributed by atoms with Gasteiger partial charge in [-0.2, -0.15) is 4.98 Å². The Balaban J connectivity index is 1.28. The Kier molecular flexibility index (Phi) is 5.64. The number of fused-ring (bicyclic) bond motifs is 1. The van der Waals surface area contributed by atoms with Gasteiger partial charge in [-0.1, -0.05) is 23.4 Å². The molecule has 0 radical (unpaired) electrons. The van der Waals surface area contributed by atoms with Crippen molar-refractivity contribution in [1.82, 2.24) is 20.0 Å². The number of aromatic nitrogens is 3. The second kappa shape index (κ2) is 8.87. The van der Waals surface area contributed by atoms with Gasteiger partial charge in [0.15, 0.2) is 0 Å². The van der Waals surface area contributed by atoms with E-state index in [-0.39, 0.29) is 6.04 Å². The van der Waals surface area contributed by atoms with Gasteiger partial charge >= 0.3 is 0 Å². The number of hydrogen-bond acceptors (Lipinski definition) is 8. The summed E-state index contributed by atoms with van der Waals surface area (Å²) in [5, 5.41) is 8.52. The van der Waals surface area contributed by atoms with Crippen LogP contribution in [0, 0.1) is 0 Å². The Labute approximate surface area is 180 Å². The second-order valence-corrected chi connectivity index (χ2v) is 7.69. The van der Waals surface area contributed by atoms with Gasteiger partial charge < -0.3 is 19.0 Å². The van der Waals surface area contributed by atoms with Gasteiger partial charge in [0.25, 0.3) is 0 Å². The predicted molar refractivity (Wildman–Crippen MR) is 116 cm³/mol. The summed E-state index contributed by atoms with van der Waals surface area (Å²) in [4.78, 5) is 11.4. The summed E-state index contributed by atoms with van der Waals surface area (Å²) in [6, 6.07) is 14.1. The van der Waals surface area contributed by atoms with Crippen LogP contribution in [0.3, 0.4) is 0 Å². The second-order valence-electron chi connectivity index (χ2n) is 7.69. The summed E-state index contributed by atoms with van der Waals surface area (Å²) in [6.45, 7) is 3.03. The van der Waals surface area contributed by atoms with Crippen LogP contribution < -0.4 is 5.32 Å². The van der Waals surface area contributed by atoms with Gasteiger partial charge in [-0.05, 0) is 43.7 Å². The smallest absolute Gasteiger partial charge is 0.244 e. The quantitative estimate of drug-likeness (QED) is 0.424. The highest BCUT2D eigenvalue weighted by Crippen LogP contribution is 2.34. The molecule has 4 aromatic rings. The maximum absolute atomic E-state index is 6.00. The highest BCUT2D eigenvalue weighted by molar-refractivity contribution is 5.77. The van der Waals surface area contributed by atoms with Crippen LogP contribution in [-0.2, 0) is 11.3 Å². The molecule has 5 rings (SSSR count). The fourth-order valence-electron chi connectivity index (χ4n) is 4.01. The van der Waals surface area contributed by atoms with Crippen molar-refractivity contribution in [2.75, 3.05) is 32.1 Å². The standard InChI is InChI=1S/C23H25N5O3/c1-29-12-10-24-21-9-8-17(14-25-21)22-26-23(31-27-22)19-6-4-11-28(19)15-18-13-16-5-2-3-7-20(16)30-18/h2-3,5,7-9,13-14,19H,4,6,10-12,15H2,1H3,(H,24,25)/t19-/m1/s1. The Hall–Kier alpha value is -3.23. The van der Waals surface area contributed by atoms with Crippen LogP contribution in [0.25, 0.3) is 22.4 Å². The third kappa shape index (κ3) is 4.30. The number of para-hydroxylation sites is 1. The van der Waals surface area contributed by atoms with Crippen molar-refractivity contribution in [2.45, 2.75) is 25.4 Å². The molecule has 1 aliphatic heterocycles. The fraction of sp³-hybridized carbons (Fsp3) is 0.348. The first-order valence-corrected chi connectivity index (χ1v) is 10.5. The minimum atomic E-state index is 0.0948. The molecule has 1 atom stereocenters. The molecule has 160 valence electrons. The lowest BCUT2D eigenvalue weighted by molar-refractivity contribution is 0.190. The fourth-order valence-corrected chi connectivity index (χ4v) is 4.01. The Bertz CT molecular complexity index is 1100. The molecule has 1 saturated heterocycles. The number of pyridine rings is 1. The molecule has 8 nitrogen and oxygen atoms in total. The van der Waals surface area contributed by atoms with Crippen molar-refractivity contribution >= 4 is 16.8 Å². The number of nitrogens with zero attached hydrogens (tertiary/aromatic N) is 4. The molecule has 0 bridgehead atoms. The average molecular weight is 419 g/mol. The summed E-state index contributed by atoms with van der Waals surface area (Å²) >= 11 is 0. The van der Waals surface area contributed by atoms with Crippen molar-refractivity contribution in [1.29, 1.82) is 0 Å². The number of methoxy groups -OCH3 is 1. The van der Waals surface area contributed by atoms with E-state index in [0.29, 0.717) is 24.9 Å².